The van der Waals surface area contributed by atoms with Crippen molar-refractivity contribution in [3.8, 4) is 0 Å². The van der Waals surface area contributed by atoms with E-state index in [9.17, 15) is 4.79 Å². The molecule has 2 aromatic heterocycles. The molecule has 0 bridgehead atoms. The van der Waals surface area contributed by atoms with Crippen molar-refractivity contribution in [2.45, 2.75) is 0 Å². The molecule has 4 nitrogen and oxygen atoms in total. The predicted octanol–water partition coefficient (Wildman–Crippen LogP) is 1.09. The monoisotopic (exact) mass is 239 g/mol. The van der Waals surface area contributed by atoms with Crippen LogP contribution in [-0.4, -0.2) is 14.5 Å². The molecule has 0 aliphatic carbocycles. The molecule has 0 aliphatic rings. The van der Waals surface area contributed by atoms with Crippen LogP contribution in [0.3, 0.4) is 0 Å². The minimum atomic E-state index is -0.248. The summed E-state index contributed by atoms with van der Waals surface area (Å²) in [5.74, 6) is 0. The summed E-state index contributed by atoms with van der Waals surface area (Å²) in [6, 6.07) is 1.72. The van der Waals surface area contributed by atoms with E-state index in [1.807, 2.05) is 0 Å². The maximum absolute atomic E-state index is 11.3. The molecular weight excluding hydrogens is 234 g/mol. The van der Waals surface area contributed by atoms with Crippen LogP contribution < -0.4 is 5.56 Å². The Labute approximate surface area is 82.4 Å². The molecule has 0 radical (unpaired) electrons. The molecule has 0 atom stereocenters. The molecule has 0 unspecified atom stereocenters. The van der Waals surface area contributed by atoms with E-state index < -0.39 is 0 Å². The van der Waals surface area contributed by atoms with Gasteiger partial charge in [-0.25, -0.2) is 4.98 Å². The van der Waals surface area contributed by atoms with Gasteiger partial charge in [0.05, 0.1) is 5.39 Å². The fraction of sp³-hybridized carbons (Fsp3) is 0.125. The molecule has 2 aromatic rings. The van der Waals surface area contributed by atoms with Crippen LogP contribution in [0.5, 0.6) is 0 Å². The summed E-state index contributed by atoms with van der Waals surface area (Å²) in [5, 5.41) is 0.527. The summed E-state index contributed by atoms with van der Waals surface area (Å²) < 4.78 is 2.49. The van der Waals surface area contributed by atoms with E-state index in [4.69, 9.17) is 0 Å². The molecule has 0 saturated heterocycles. The molecule has 0 amide bonds. The number of nitrogens with zero attached hydrogens (tertiary/aromatic N) is 3. The van der Waals surface area contributed by atoms with Crippen molar-refractivity contribution >= 4 is 27.0 Å². The van der Waals surface area contributed by atoms with Gasteiger partial charge in [-0.15, -0.1) is 0 Å². The Morgan fingerprint density at radius 1 is 1.46 bits per heavy atom. The van der Waals surface area contributed by atoms with Gasteiger partial charge in [-0.3, -0.25) is 4.79 Å². The Kier molecular flexibility index (Phi) is 1.88. The minimum Gasteiger partial charge on any atom is -0.319 e. The number of aromatic nitrogens is 3. The molecular formula is C8H6BrN3O. The molecule has 66 valence electrons. The van der Waals surface area contributed by atoms with Crippen molar-refractivity contribution in [2.24, 2.45) is 7.05 Å². The van der Waals surface area contributed by atoms with Crippen LogP contribution in [0.4, 0.5) is 0 Å². The van der Waals surface area contributed by atoms with E-state index in [0.717, 1.165) is 4.47 Å². The Hall–Kier alpha value is -1.23. The van der Waals surface area contributed by atoms with Gasteiger partial charge in [0.15, 0.2) is 0 Å². The highest BCUT2D eigenvalue weighted by Crippen LogP contribution is 2.12. The van der Waals surface area contributed by atoms with Crippen molar-refractivity contribution in [1.29, 1.82) is 0 Å². The zero-order valence-electron chi connectivity index (χ0n) is 6.86. The third-order valence-electron chi connectivity index (χ3n) is 1.75. The lowest BCUT2D eigenvalue weighted by Crippen LogP contribution is -2.11. The highest BCUT2D eigenvalue weighted by atomic mass is 79.9. The van der Waals surface area contributed by atoms with Gasteiger partial charge in [0.25, 0.3) is 5.56 Å². The normalized spacial score (nSPS) is 10.6. The summed E-state index contributed by atoms with van der Waals surface area (Å²) in [6.45, 7) is 0. The van der Waals surface area contributed by atoms with Crippen LogP contribution in [-0.2, 0) is 7.05 Å². The standard InChI is InChI=1S/C8H6BrN3O/c1-12-4-11-8(13)6-2-5(9)3-10-7(6)12/h2-4H,1H3. The third kappa shape index (κ3) is 1.35. The molecule has 0 fully saturated rings. The number of pyridine rings is 1. The smallest absolute Gasteiger partial charge is 0.282 e. The van der Waals surface area contributed by atoms with Gasteiger partial charge in [-0.05, 0) is 22.0 Å². The Morgan fingerprint density at radius 2 is 2.23 bits per heavy atom. The molecule has 0 aromatic carbocycles. The second kappa shape index (κ2) is 2.92. The number of hydrogen-bond acceptors (Lipinski definition) is 3. The zero-order valence-corrected chi connectivity index (χ0v) is 8.45. The molecule has 2 rings (SSSR count). The second-order valence-electron chi connectivity index (χ2n) is 2.69. The molecule has 2 heterocycles. The first-order valence-corrected chi connectivity index (χ1v) is 4.44. The van der Waals surface area contributed by atoms with Gasteiger partial charge in [-0.2, -0.15) is 4.98 Å². The predicted molar refractivity (Wildman–Crippen MR) is 52.5 cm³/mol. The summed E-state index contributed by atoms with van der Waals surface area (Å²) in [5.41, 5.74) is 0.394. The van der Waals surface area contributed by atoms with Crippen molar-refractivity contribution < 1.29 is 0 Å². The van der Waals surface area contributed by atoms with Crippen LogP contribution in [0.1, 0.15) is 0 Å². The summed E-state index contributed by atoms with van der Waals surface area (Å²) in [7, 11) is 1.80. The second-order valence-corrected chi connectivity index (χ2v) is 3.60. The number of rotatable bonds is 0. The molecule has 0 N–H and O–H groups in total. The van der Waals surface area contributed by atoms with E-state index in [2.05, 4.69) is 25.9 Å². The van der Waals surface area contributed by atoms with Gasteiger partial charge < -0.3 is 4.57 Å². The number of aryl methyl sites for hydroxylation is 1. The maximum Gasteiger partial charge on any atom is 0.282 e. The molecule has 13 heavy (non-hydrogen) atoms. The maximum atomic E-state index is 11.3. The van der Waals surface area contributed by atoms with E-state index in [-0.39, 0.29) is 5.56 Å². The largest absolute Gasteiger partial charge is 0.319 e. The number of halogens is 1. The van der Waals surface area contributed by atoms with Crippen LogP contribution in [0, 0.1) is 0 Å². The van der Waals surface area contributed by atoms with Gasteiger partial charge in [0, 0.05) is 17.7 Å². The molecule has 0 saturated carbocycles. The van der Waals surface area contributed by atoms with Gasteiger partial charge in [-0.1, -0.05) is 0 Å². The van der Waals surface area contributed by atoms with Crippen molar-refractivity contribution in [1.82, 2.24) is 14.5 Å². The lowest BCUT2D eigenvalue weighted by Gasteiger charge is -2.01. The topological polar surface area (TPSA) is 47.8 Å². The van der Waals surface area contributed by atoms with Gasteiger partial charge >= 0.3 is 0 Å². The Bertz CT molecular complexity index is 520. The zero-order chi connectivity index (χ0) is 9.42. The molecule has 0 spiro atoms. The Morgan fingerprint density at radius 3 is 3.00 bits per heavy atom. The average Bonchev–Trinajstić information content (AvgIpc) is 2.12. The quantitative estimate of drug-likeness (QED) is 0.692. The van der Waals surface area contributed by atoms with E-state index in [0.29, 0.717) is 11.0 Å². The van der Waals surface area contributed by atoms with Crippen LogP contribution in [0.15, 0.2) is 27.9 Å². The lowest BCUT2D eigenvalue weighted by atomic mass is 10.3. The van der Waals surface area contributed by atoms with E-state index in [1.165, 1.54) is 6.33 Å². The highest BCUT2D eigenvalue weighted by molar-refractivity contribution is 9.10. The van der Waals surface area contributed by atoms with E-state index >= 15 is 0 Å². The highest BCUT2D eigenvalue weighted by Gasteiger charge is 2.02. The third-order valence-corrected chi connectivity index (χ3v) is 2.18. The first kappa shape index (κ1) is 8.37. The van der Waals surface area contributed by atoms with Crippen LogP contribution >= 0.6 is 15.9 Å². The first-order chi connectivity index (χ1) is 6.18. The lowest BCUT2D eigenvalue weighted by molar-refractivity contribution is 0.883. The molecule has 0 aliphatic heterocycles. The summed E-state index contributed by atoms with van der Waals surface area (Å²) >= 11 is 3.25. The van der Waals surface area contributed by atoms with Crippen molar-refractivity contribution in [2.75, 3.05) is 0 Å². The molecule has 5 heteroatoms. The van der Waals surface area contributed by atoms with Crippen molar-refractivity contribution in [3.05, 3.63) is 33.4 Å². The summed E-state index contributed by atoms with van der Waals surface area (Å²) in [6.07, 6.45) is 3.12. The average molecular weight is 240 g/mol. The SMILES string of the molecule is Cn1cnc(=O)c2cc(Br)cnc21. The van der Waals surface area contributed by atoms with Gasteiger partial charge in [0.2, 0.25) is 0 Å². The van der Waals surface area contributed by atoms with Gasteiger partial charge in [0.1, 0.15) is 12.0 Å². The van der Waals surface area contributed by atoms with Crippen LogP contribution in [0.2, 0.25) is 0 Å². The number of hydrogen-bond donors (Lipinski definition) is 0. The fourth-order valence-electron chi connectivity index (χ4n) is 1.13. The minimum absolute atomic E-state index is 0.248. The van der Waals surface area contributed by atoms with Crippen molar-refractivity contribution in [3.63, 3.8) is 0 Å². The number of fused-ring (bicyclic) bond motifs is 1. The van der Waals surface area contributed by atoms with E-state index in [1.54, 1.807) is 23.9 Å². The fourth-order valence-corrected chi connectivity index (χ4v) is 1.47. The first-order valence-electron chi connectivity index (χ1n) is 3.65. The van der Waals surface area contributed by atoms with Crippen LogP contribution in [0.25, 0.3) is 11.0 Å². The Balaban J connectivity index is 3.01. The summed E-state index contributed by atoms with van der Waals surface area (Å²) in [4.78, 5) is 19.1.